The van der Waals surface area contributed by atoms with E-state index >= 15 is 0 Å². The Bertz CT molecular complexity index is 794. The number of hydrogen-bond donors (Lipinski definition) is 1. The molecule has 29 heavy (non-hydrogen) atoms. The Morgan fingerprint density at radius 3 is 2.34 bits per heavy atom. The summed E-state index contributed by atoms with van der Waals surface area (Å²) in [4.78, 5) is 27.9. The second kappa shape index (κ2) is 11.6. The Morgan fingerprint density at radius 1 is 1.03 bits per heavy atom. The third-order valence-corrected chi connectivity index (χ3v) is 5.21. The molecule has 2 unspecified atom stereocenters. The first-order chi connectivity index (χ1) is 13.9. The fraction of sp³-hybridized carbons (Fsp3) is 0.417. The zero-order valence-electron chi connectivity index (χ0n) is 17.5. The van der Waals surface area contributed by atoms with E-state index in [4.69, 9.17) is 11.6 Å². The van der Waals surface area contributed by atoms with E-state index in [-0.39, 0.29) is 17.9 Å². The van der Waals surface area contributed by atoms with Gasteiger partial charge in [-0.1, -0.05) is 67.9 Å². The maximum atomic E-state index is 13.2. The highest BCUT2D eigenvalue weighted by Gasteiger charge is 2.30. The highest BCUT2D eigenvalue weighted by atomic mass is 35.5. The second-order valence-corrected chi connectivity index (χ2v) is 7.86. The number of benzene rings is 2. The molecule has 0 bridgehead atoms. The van der Waals surface area contributed by atoms with Gasteiger partial charge in [-0.05, 0) is 43.0 Å². The summed E-state index contributed by atoms with van der Waals surface area (Å²) in [6.45, 7) is 6.33. The first-order valence-corrected chi connectivity index (χ1v) is 10.7. The Morgan fingerprint density at radius 2 is 1.72 bits per heavy atom. The average Bonchev–Trinajstić information content (AvgIpc) is 2.71. The summed E-state index contributed by atoms with van der Waals surface area (Å²) < 4.78 is 0. The lowest BCUT2D eigenvalue weighted by Crippen LogP contribution is -2.52. The van der Waals surface area contributed by atoms with Crippen LogP contribution in [0.5, 0.6) is 0 Å². The summed E-state index contributed by atoms with van der Waals surface area (Å²) in [5.41, 5.74) is 1.94. The predicted molar refractivity (Wildman–Crippen MR) is 119 cm³/mol. The zero-order valence-corrected chi connectivity index (χ0v) is 18.3. The van der Waals surface area contributed by atoms with Crippen molar-refractivity contribution in [3.05, 3.63) is 70.7 Å². The standard InChI is InChI=1S/C24H31ClN2O2/c1-4-10-23(28)27(17-20-13-9-14-21(25)15-20)22(24(29)26-18(3)5-2)16-19-11-7-6-8-12-19/h6-9,11-15,18,22H,4-5,10,16-17H2,1-3H3,(H,26,29). The summed E-state index contributed by atoms with van der Waals surface area (Å²) in [5.74, 6) is -0.137. The molecule has 0 saturated heterocycles. The molecule has 5 heteroatoms. The number of nitrogens with zero attached hydrogens (tertiary/aromatic N) is 1. The lowest BCUT2D eigenvalue weighted by atomic mass is 10.0. The van der Waals surface area contributed by atoms with Crippen LogP contribution in [0.3, 0.4) is 0 Å². The zero-order chi connectivity index (χ0) is 21.2. The lowest BCUT2D eigenvalue weighted by molar-refractivity contribution is -0.141. The van der Waals surface area contributed by atoms with Gasteiger partial charge in [0.25, 0.3) is 0 Å². The molecule has 2 aromatic rings. The van der Waals surface area contributed by atoms with E-state index in [0.717, 1.165) is 24.0 Å². The van der Waals surface area contributed by atoms with Crippen molar-refractivity contribution in [3.63, 3.8) is 0 Å². The molecule has 2 atom stereocenters. The summed E-state index contributed by atoms with van der Waals surface area (Å²) in [6.07, 6.45) is 2.44. The number of amides is 2. The van der Waals surface area contributed by atoms with E-state index in [1.54, 1.807) is 11.0 Å². The Balaban J connectivity index is 2.37. The van der Waals surface area contributed by atoms with Crippen molar-refractivity contribution in [1.82, 2.24) is 10.2 Å². The summed E-state index contributed by atoms with van der Waals surface area (Å²) in [7, 11) is 0. The molecule has 0 aliphatic heterocycles. The molecule has 0 aliphatic rings. The minimum Gasteiger partial charge on any atom is -0.352 e. The summed E-state index contributed by atoms with van der Waals surface area (Å²) >= 11 is 6.15. The van der Waals surface area contributed by atoms with Crippen LogP contribution in [0, 0.1) is 0 Å². The number of carbonyl (C=O) groups is 2. The van der Waals surface area contributed by atoms with Crippen LogP contribution < -0.4 is 5.32 Å². The molecular formula is C24H31ClN2O2. The van der Waals surface area contributed by atoms with Crippen molar-refractivity contribution in [1.29, 1.82) is 0 Å². The minimum absolute atomic E-state index is 0.0206. The normalized spacial score (nSPS) is 12.8. The largest absolute Gasteiger partial charge is 0.352 e. The smallest absolute Gasteiger partial charge is 0.243 e. The van der Waals surface area contributed by atoms with Gasteiger partial charge in [-0.2, -0.15) is 0 Å². The Labute approximate surface area is 179 Å². The third-order valence-electron chi connectivity index (χ3n) is 4.98. The molecule has 2 aromatic carbocycles. The van der Waals surface area contributed by atoms with Gasteiger partial charge in [0, 0.05) is 30.5 Å². The van der Waals surface area contributed by atoms with E-state index in [9.17, 15) is 9.59 Å². The summed E-state index contributed by atoms with van der Waals surface area (Å²) in [6, 6.07) is 16.8. The second-order valence-electron chi connectivity index (χ2n) is 7.42. The number of hydrogen-bond acceptors (Lipinski definition) is 2. The van der Waals surface area contributed by atoms with Crippen LogP contribution in [0.2, 0.25) is 5.02 Å². The van der Waals surface area contributed by atoms with Gasteiger partial charge in [0.05, 0.1) is 0 Å². The first-order valence-electron chi connectivity index (χ1n) is 10.3. The van der Waals surface area contributed by atoms with E-state index in [2.05, 4.69) is 5.32 Å². The van der Waals surface area contributed by atoms with Crippen LogP contribution >= 0.6 is 11.6 Å². The van der Waals surface area contributed by atoms with Gasteiger partial charge in [0.2, 0.25) is 11.8 Å². The molecule has 2 amide bonds. The van der Waals surface area contributed by atoms with Gasteiger partial charge in [-0.3, -0.25) is 9.59 Å². The fourth-order valence-electron chi connectivity index (χ4n) is 3.18. The van der Waals surface area contributed by atoms with Gasteiger partial charge in [-0.15, -0.1) is 0 Å². The van der Waals surface area contributed by atoms with E-state index in [1.807, 2.05) is 69.3 Å². The lowest BCUT2D eigenvalue weighted by Gasteiger charge is -2.32. The first kappa shape index (κ1) is 23.0. The van der Waals surface area contributed by atoms with Crippen molar-refractivity contribution in [3.8, 4) is 0 Å². The average molecular weight is 415 g/mol. The number of nitrogens with one attached hydrogen (secondary N) is 1. The molecule has 0 aromatic heterocycles. The molecule has 2 rings (SSSR count). The van der Waals surface area contributed by atoms with Gasteiger partial charge in [-0.25, -0.2) is 0 Å². The van der Waals surface area contributed by atoms with Gasteiger partial charge < -0.3 is 10.2 Å². The molecule has 156 valence electrons. The van der Waals surface area contributed by atoms with E-state index < -0.39 is 6.04 Å². The van der Waals surface area contributed by atoms with Crippen molar-refractivity contribution in [2.24, 2.45) is 0 Å². The van der Waals surface area contributed by atoms with Crippen molar-refractivity contribution in [2.75, 3.05) is 0 Å². The van der Waals surface area contributed by atoms with Crippen LogP contribution in [0.4, 0.5) is 0 Å². The van der Waals surface area contributed by atoms with Crippen LogP contribution in [-0.2, 0) is 22.6 Å². The maximum absolute atomic E-state index is 13.2. The van der Waals surface area contributed by atoms with E-state index in [0.29, 0.717) is 24.4 Å². The van der Waals surface area contributed by atoms with Crippen LogP contribution in [-0.4, -0.2) is 28.8 Å². The maximum Gasteiger partial charge on any atom is 0.243 e. The third kappa shape index (κ3) is 7.21. The highest BCUT2D eigenvalue weighted by Crippen LogP contribution is 2.18. The molecule has 1 N–H and O–H groups in total. The molecule has 4 nitrogen and oxygen atoms in total. The topological polar surface area (TPSA) is 49.4 Å². The van der Waals surface area contributed by atoms with Crippen molar-refractivity contribution < 1.29 is 9.59 Å². The quantitative estimate of drug-likeness (QED) is 0.595. The Kier molecular flexibility index (Phi) is 9.20. The number of rotatable bonds is 10. The fourth-order valence-corrected chi connectivity index (χ4v) is 3.40. The molecule has 0 fully saturated rings. The minimum atomic E-state index is -0.579. The van der Waals surface area contributed by atoms with Gasteiger partial charge in [0.1, 0.15) is 6.04 Å². The van der Waals surface area contributed by atoms with Gasteiger partial charge >= 0.3 is 0 Å². The van der Waals surface area contributed by atoms with Crippen LogP contribution in [0.25, 0.3) is 0 Å². The number of carbonyl (C=O) groups excluding carboxylic acids is 2. The van der Waals surface area contributed by atoms with E-state index in [1.165, 1.54) is 0 Å². The predicted octanol–water partition coefficient (Wildman–Crippen LogP) is 4.99. The number of halogens is 1. The van der Waals surface area contributed by atoms with Crippen molar-refractivity contribution in [2.45, 2.75) is 65.1 Å². The molecule has 0 heterocycles. The molecule has 0 saturated carbocycles. The van der Waals surface area contributed by atoms with Crippen LogP contribution in [0.15, 0.2) is 54.6 Å². The Hall–Kier alpha value is -2.33. The monoisotopic (exact) mass is 414 g/mol. The molecule has 0 radical (unpaired) electrons. The SMILES string of the molecule is CCCC(=O)N(Cc1cccc(Cl)c1)C(Cc1ccccc1)C(=O)NC(C)CC. The molecule has 0 spiro atoms. The van der Waals surface area contributed by atoms with Crippen molar-refractivity contribution >= 4 is 23.4 Å². The van der Waals surface area contributed by atoms with Crippen LogP contribution in [0.1, 0.15) is 51.2 Å². The van der Waals surface area contributed by atoms with Gasteiger partial charge in [0.15, 0.2) is 0 Å². The highest BCUT2D eigenvalue weighted by molar-refractivity contribution is 6.30. The summed E-state index contributed by atoms with van der Waals surface area (Å²) in [5, 5.41) is 3.69. The molecule has 0 aliphatic carbocycles. The molecular weight excluding hydrogens is 384 g/mol.